The van der Waals surface area contributed by atoms with E-state index >= 15 is 0 Å². The molecule has 1 aromatic carbocycles. The smallest absolute Gasteiger partial charge is 0.407 e. The summed E-state index contributed by atoms with van der Waals surface area (Å²) in [4.78, 5) is 11.0. The first-order chi connectivity index (χ1) is 7.16. The zero-order valence-corrected chi connectivity index (χ0v) is 9.17. The average molecular weight is 226 g/mol. The molecule has 1 atom stereocenters. The predicted molar refractivity (Wildman–Crippen MR) is 58.0 cm³/mol. The summed E-state index contributed by atoms with van der Waals surface area (Å²) in [5.74, 6) is 0. The van der Waals surface area contributed by atoms with Gasteiger partial charge in [0.1, 0.15) is 0 Å². The molecule has 1 amide bonds. The summed E-state index contributed by atoms with van der Waals surface area (Å²) < 4.78 is 4.81. The lowest BCUT2D eigenvalue weighted by molar-refractivity contribution is 0.115. The lowest BCUT2D eigenvalue weighted by atomic mass is 10.0. The van der Waals surface area contributed by atoms with E-state index in [1.165, 1.54) is 0 Å². The Morgan fingerprint density at radius 3 is 3.00 bits per heavy atom. The van der Waals surface area contributed by atoms with Gasteiger partial charge in [-0.3, -0.25) is 0 Å². The predicted octanol–water partition coefficient (Wildman–Crippen LogP) is 2.82. The van der Waals surface area contributed by atoms with Gasteiger partial charge in [0.25, 0.3) is 0 Å². The highest BCUT2D eigenvalue weighted by atomic mass is 35.5. The normalized spacial score (nSPS) is 20.7. The van der Waals surface area contributed by atoms with E-state index in [0.29, 0.717) is 6.61 Å². The molecule has 1 heterocycles. The third-order valence-corrected chi connectivity index (χ3v) is 2.94. The van der Waals surface area contributed by atoms with Crippen molar-refractivity contribution in [1.82, 2.24) is 5.32 Å². The van der Waals surface area contributed by atoms with Gasteiger partial charge in [-0.1, -0.05) is 23.7 Å². The first-order valence-electron chi connectivity index (χ1n) is 4.86. The third-order valence-electron chi connectivity index (χ3n) is 2.52. The van der Waals surface area contributed by atoms with Crippen molar-refractivity contribution in [2.45, 2.75) is 19.4 Å². The highest BCUT2D eigenvalue weighted by molar-refractivity contribution is 6.31. The topological polar surface area (TPSA) is 38.3 Å². The van der Waals surface area contributed by atoms with Crippen LogP contribution in [0.2, 0.25) is 5.02 Å². The van der Waals surface area contributed by atoms with Crippen molar-refractivity contribution in [3.63, 3.8) is 0 Å². The van der Waals surface area contributed by atoms with E-state index in [1.807, 2.05) is 25.1 Å². The van der Waals surface area contributed by atoms with Crippen LogP contribution in [-0.4, -0.2) is 12.7 Å². The first-order valence-corrected chi connectivity index (χ1v) is 5.24. The highest BCUT2D eigenvalue weighted by Crippen LogP contribution is 2.24. The first kappa shape index (κ1) is 10.3. The van der Waals surface area contributed by atoms with Crippen LogP contribution >= 0.6 is 11.6 Å². The molecule has 0 unspecified atom stereocenters. The number of hydrogen-bond acceptors (Lipinski definition) is 2. The number of cyclic esters (lactones) is 1. The zero-order valence-electron chi connectivity index (χ0n) is 8.42. The van der Waals surface area contributed by atoms with Crippen LogP contribution in [0.4, 0.5) is 4.79 Å². The van der Waals surface area contributed by atoms with Gasteiger partial charge in [-0.2, -0.15) is 0 Å². The molecule has 1 aromatic rings. The van der Waals surface area contributed by atoms with Crippen LogP contribution in [0.5, 0.6) is 0 Å². The van der Waals surface area contributed by atoms with Gasteiger partial charge in [0.15, 0.2) is 0 Å². The summed E-state index contributed by atoms with van der Waals surface area (Å²) in [7, 11) is 0. The molecular weight excluding hydrogens is 214 g/mol. The lowest BCUT2D eigenvalue weighted by Gasteiger charge is -2.24. The number of carbonyl (C=O) groups is 1. The van der Waals surface area contributed by atoms with Gasteiger partial charge in [-0.05, 0) is 24.1 Å². The maximum absolute atomic E-state index is 11.0. The molecule has 1 fully saturated rings. The molecule has 0 spiro atoms. The highest BCUT2D eigenvalue weighted by Gasteiger charge is 2.20. The van der Waals surface area contributed by atoms with Crippen molar-refractivity contribution in [2.75, 3.05) is 6.61 Å². The van der Waals surface area contributed by atoms with E-state index in [2.05, 4.69) is 5.32 Å². The van der Waals surface area contributed by atoms with Gasteiger partial charge in [0.2, 0.25) is 0 Å². The summed E-state index contributed by atoms with van der Waals surface area (Å²) in [6, 6.07) is 5.83. The average Bonchev–Trinajstić information content (AvgIpc) is 2.22. The Labute approximate surface area is 93.4 Å². The van der Waals surface area contributed by atoms with Gasteiger partial charge in [-0.25, -0.2) is 4.79 Å². The summed E-state index contributed by atoms with van der Waals surface area (Å²) in [6.45, 7) is 2.42. The van der Waals surface area contributed by atoms with Gasteiger partial charge in [-0.15, -0.1) is 0 Å². The zero-order chi connectivity index (χ0) is 10.8. The maximum Gasteiger partial charge on any atom is 0.407 e. The molecule has 1 N–H and O–H groups in total. The van der Waals surface area contributed by atoms with E-state index in [0.717, 1.165) is 22.6 Å². The van der Waals surface area contributed by atoms with Crippen LogP contribution in [0.25, 0.3) is 0 Å². The summed E-state index contributed by atoms with van der Waals surface area (Å²) in [5.41, 5.74) is 2.10. The molecule has 1 saturated heterocycles. The molecule has 0 aliphatic carbocycles. The van der Waals surface area contributed by atoms with E-state index in [9.17, 15) is 4.79 Å². The van der Waals surface area contributed by atoms with E-state index in [1.54, 1.807) is 0 Å². The fraction of sp³-hybridized carbons (Fsp3) is 0.364. The van der Waals surface area contributed by atoms with Crippen molar-refractivity contribution in [1.29, 1.82) is 0 Å². The van der Waals surface area contributed by atoms with Crippen molar-refractivity contribution >= 4 is 17.7 Å². The minimum absolute atomic E-state index is 0.0437. The standard InChI is InChI=1S/C11H12ClNO2/c1-7-6-8(2-3-9(7)12)10-4-5-15-11(14)13-10/h2-3,6,10H,4-5H2,1H3,(H,13,14)/t10-/m1/s1. The van der Waals surface area contributed by atoms with E-state index < -0.39 is 0 Å². The molecule has 1 aliphatic heterocycles. The molecule has 1 aliphatic rings. The number of benzene rings is 1. The second-order valence-corrected chi connectivity index (χ2v) is 4.04. The Kier molecular flexibility index (Phi) is 2.82. The van der Waals surface area contributed by atoms with Crippen molar-refractivity contribution in [3.8, 4) is 0 Å². The number of rotatable bonds is 1. The number of nitrogens with one attached hydrogen (secondary N) is 1. The lowest BCUT2D eigenvalue weighted by Crippen LogP contribution is -2.35. The summed E-state index contributed by atoms with van der Waals surface area (Å²) in [5, 5.41) is 3.52. The minimum atomic E-state index is -0.348. The number of hydrogen-bond donors (Lipinski definition) is 1. The van der Waals surface area contributed by atoms with Gasteiger partial charge in [0, 0.05) is 11.4 Å². The molecular formula is C11H12ClNO2. The van der Waals surface area contributed by atoms with Gasteiger partial charge in [0.05, 0.1) is 12.6 Å². The summed E-state index contributed by atoms with van der Waals surface area (Å²) >= 11 is 5.94. The Hall–Kier alpha value is -1.22. The maximum atomic E-state index is 11.0. The quantitative estimate of drug-likeness (QED) is 0.798. The Balaban J connectivity index is 2.21. The van der Waals surface area contributed by atoms with Gasteiger partial charge < -0.3 is 10.1 Å². The largest absolute Gasteiger partial charge is 0.449 e. The fourth-order valence-corrected chi connectivity index (χ4v) is 1.78. The molecule has 15 heavy (non-hydrogen) atoms. The van der Waals surface area contributed by atoms with Crippen LogP contribution in [0.3, 0.4) is 0 Å². The number of aryl methyl sites for hydroxylation is 1. The van der Waals surface area contributed by atoms with Crippen molar-refractivity contribution in [3.05, 3.63) is 34.3 Å². The second kappa shape index (κ2) is 4.11. The minimum Gasteiger partial charge on any atom is -0.449 e. The van der Waals surface area contributed by atoms with E-state index in [-0.39, 0.29) is 12.1 Å². The number of amides is 1. The fourth-order valence-electron chi connectivity index (χ4n) is 1.66. The molecule has 0 saturated carbocycles. The van der Waals surface area contributed by atoms with Crippen LogP contribution in [-0.2, 0) is 4.74 Å². The molecule has 0 radical (unpaired) electrons. The van der Waals surface area contributed by atoms with Crippen LogP contribution in [0.1, 0.15) is 23.6 Å². The third kappa shape index (κ3) is 2.23. The Morgan fingerprint density at radius 1 is 1.53 bits per heavy atom. The van der Waals surface area contributed by atoms with Crippen LogP contribution < -0.4 is 5.32 Å². The Bertz CT molecular complexity index is 392. The molecule has 0 aromatic heterocycles. The van der Waals surface area contributed by atoms with E-state index in [4.69, 9.17) is 16.3 Å². The van der Waals surface area contributed by atoms with Crippen molar-refractivity contribution < 1.29 is 9.53 Å². The summed E-state index contributed by atoms with van der Waals surface area (Å²) in [6.07, 6.45) is 0.450. The molecule has 4 heteroatoms. The van der Waals surface area contributed by atoms with Crippen LogP contribution in [0, 0.1) is 6.92 Å². The molecule has 80 valence electrons. The molecule has 2 rings (SSSR count). The number of ether oxygens (including phenoxy) is 1. The monoisotopic (exact) mass is 225 g/mol. The SMILES string of the molecule is Cc1cc([C@H]2CCOC(=O)N2)ccc1Cl. The molecule has 3 nitrogen and oxygen atoms in total. The number of carbonyl (C=O) groups excluding carboxylic acids is 1. The van der Waals surface area contributed by atoms with Gasteiger partial charge >= 0.3 is 6.09 Å². The molecule has 0 bridgehead atoms. The van der Waals surface area contributed by atoms with Crippen LogP contribution in [0.15, 0.2) is 18.2 Å². The number of alkyl carbamates (subject to hydrolysis) is 1. The second-order valence-electron chi connectivity index (χ2n) is 3.63. The van der Waals surface area contributed by atoms with Crippen molar-refractivity contribution in [2.24, 2.45) is 0 Å². The Morgan fingerprint density at radius 2 is 2.33 bits per heavy atom. The number of halogens is 1.